The zero-order chi connectivity index (χ0) is 22.0. The Morgan fingerprint density at radius 3 is 2.77 bits per heavy atom. The third kappa shape index (κ3) is 4.29. The summed E-state index contributed by atoms with van der Waals surface area (Å²) in [6.45, 7) is 6.94. The molecule has 1 unspecified atom stereocenters. The van der Waals surface area contributed by atoms with Gasteiger partial charge in [-0.1, -0.05) is 29.8 Å². The summed E-state index contributed by atoms with van der Waals surface area (Å²) in [4.78, 5) is 19.7. The van der Waals surface area contributed by atoms with Crippen molar-refractivity contribution in [2.75, 3.05) is 11.5 Å². The van der Waals surface area contributed by atoms with Crippen molar-refractivity contribution in [3.8, 4) is 0 Å². The first kappa shape index (κ1) is 20.6. The van der Waals surface area contributed by atoms with Gasteiger partial charge in [-0.2, -0.15) is 9.90 Å². The van der Waals surface area contributed by atoms with E-state index in [2.05, 4.69) is 15.2 Å². The highest BCUT2D eigenvalue weighted by Gasteiger charge is 2.37. The van der Waals surface area contributed by atoms with Crippen LogP contribution in [0.5, 0.6) is 0 Å². The van der Waals surface area contributed by atoms with E-state index in [4.69, 9.17) is 19.6 Å². The van der Waals surface area contributed by atoms with Gasteiger partial charge in [0, 0.05) is 12.2 Å². The molecule has 1 aromatic carbocycles. The third-order valence-corrected chi connectivity index (χ3v) is 4.76. The van der Waals surface area contributed by atoms with Gasteiger partial charge in [-0.25, -0.2) is 4.98 Å². The summed E-state index contributed by atoms with van der Waals surface area (Å²) in [6, 6.07) is 7.68. The smallest absolute Gasteiger partial charge is 0.269 e. The van der Waals surface area contributed by atoms with Crippen LogP contribution in [0.4, 0.5) is 5.82 Å². The number of carbonyl (C=O) groups excluding carboxylic acids is 1. The molecule has 10 heteroatoms. The van der Waals surface area contributed by atoms with Crippen LogP contribution in [-0.2, 0) is 27.4 Å². The highest BCUT2D eigenvalue weighted by molar-refractivity contribution is 6.03. The highest BCUT2D eigenvalue weighted by Crippen LogP contribution is 2.35. The summed E-state index contributed by atoms with van der Waals surface area (Å²) in [7, 11) is 0. The molecule has 2 N–H and O–H groups in total. The van der Waals surface area contributed by atoms with Gasteiger partial charge >= 0.3 is 0 Å². The summed E-state index contributed by atoms with van der Waals surface area (Å²) in [5.41, 5.74) is 8.51. The van der Waals surface area contributed by atoms with Crippen LogP contribution in [0.15, 0.2) is 46.8 Å². The van der Waals surface area contributed by atoms with Gasteiger partial charge in [0.05, 0.1) is 12.8 Å². The summed E-state index contributed by atoms with van der Waals surface area (Å²) >= 11 is 0. The molecule has 1 aliphatic heterocycles. The number of nitrogens with two attached hydrogens (primary N) is 1. The van der Waals surface area contributed by atoms with Crippen molar-refractivity contribution in [3.63, 3.8) is 0 Å². The predicted octanol–water partition coefficient (Wildman–Crippen LogP) is 2.20. The Labute approximate surface area is 179 Å². The summed E-state index contributed by atoms with van der Waals surface area (Å²) in [5.74, 6) is 0.698. The minimum Gasteiger partial charge on any atom is -0.467 e. The molecule has 1 aliphatic rings. The SMILES string of the molecule is CCOCc1coc(Cn2ncc(N3C(C(N)=O)=C(c4ccc(C)cc4)OC3C)n2)n1. The molecule has 3 aromatic rings. The number of anilines is 1. The van der Waals surface area contributed by atoms with Crippen LogP contribution < -0.4 is 10.6 Å². The maximum Gasteiger partial charge on any atom is 0.269 e. The summed E-state index contributed by atoms with van der Waals surface area (Å²) in [5, 5.41) is 8.73. The van der Waals surface area contributed by atoms with Crippen molar-refractivity contribution >= 4 is 17.5 Å². The van der Waals surface area contributed by atoms with Gasteiger partial charge in [0.25, 0.3) is 5.91 Å². The first-order valence-electron chi connectivity index (χ1n) is 9.94. The van der Waals surface area contributed by atoms with Crippen LogP contribution in [-0.4, -0.2) is 38.7 Å². The van der Waals surface area contributed by atoms with Crippen LogP contribution in [0.25, 0.3) is 5.76 Å². The van der Waals surface area contributed by atoms with E-state index in [1.54, 1.807) is 17.4 Å². The molecule has 0 saturated carbocycles. The third-order valence-electron chi connectivity index (χ3n) is 4.76. The molecule has 1 amide bonds. The van der Waals surface area contributed by atoms with E-state index >= 15 is 0 Å². The standard InChI is InChI=1S/C21H24N6O4/c1-4-29-11-16-12-30-18(24-16)10-26-23-9-17(25-26)27-14(3)31-20(19(27)21(22)28)15-7-5-13(2)6-8-15/h5-9,12,14H,4,10-11H2,1-3H3,(H2,22,28). The lowest BCUT2D eigenvalue weighted by Gasteiger charge is -2.20. The highest BCUT2D eigenvalue weighted by atomic mass is 16.5. The first-order valence-corrected chi connectivity index (χ1v) is 9.94. The molecule has 31 heavy (non-hydrogen) atoms. The average Bonchev–Trinajstić information content (AvgIpc) is 3.46. The van der Waals surface area contributed by atoms with Crippen molar-refractivity contribution in [1.82, 2.24) is 20.0 Å². The Balaban J connectivity index is 1.58. The van der Waals surface area contributed by atoms with Gasteiger partial charge in [-0.3, -0.25) is 9.69 Å². The van der Waals surface area contributed by atoms with Crippen LogP contribution in [0.3, 0.4) is 0 Å². The van der Waals surface area contributed by atoms with E-state index in [1.807, 2.05) is 45.0 Å². The van der Waals surface area contributed by atoms with Crippen molar-refractivity contribution < 1.29 is 18.7 Å². The van der Waals surface area contributed by atoms with E-state index in [0.717, 1.165) is 11.1 Å². The molecule has 0 radical (unpaired) electrons. The Kier molecular flexibility index (Phi) is 5.72. The van der Waals surface area contributed by atoms with E-state index in [1.165, 1.54) is 4.80 Å². The van der Waals surface area contributed by atoms with E-state index in [0.29, 0.717) is 36.4 Å². The lowest BCUT2D eigenvalue weighted by molar-refractivity contribution is -0.114. The molecule has 0 spiro atoms. The Morgan fingerprint density at radius 2 is 2.06 bits per heavy atom. The van der Waals surface area contributed by atoms with Crippen molar-refractivity contribution in [3.05, 3.63) is 65.1 Å². The number of aryl methyl sites for hydroxylation is 1. The second-order valence-electron chi connectivity index (χ2n) is 7.10. The minimum atomic E-state index is -0.609. The van der Waals surface area contributed by atoms with Gasteiger partial charge in [-0.05, 0) is 20.8 Å². The minimum absolute atomic E-state index is 0.232. The zero-order valence-corrected chi connectivity index (χ0v) is 17.6. The number of oxazole rings is 1. The number of ether oxygens (including phenoxy) is 2. The normalized spacial score (nSPS) is 16.1. The van der Waals surface area contributed by atoms with Crippen molar-refractivity contribution in [2.45, 2.75) is 40.2 Å². The number of hydrogen-bond acceptors (Lipinski definition) is 8. The predicted molar refractivity (Wildman–Crippen MR) is 111 cm³/mol. The quantitative estimate of drug-likeness (QED) is 0.584. The van der Waals surface area contributed by atoms with Gasteiger partial charge in [-0.15, -0.1) is 5.10 Å². The number of nitrogens with zero attached hydrogens (tertiary/aromatic N) is 5. The van der Waals surface area contributed by atoms with Crippen LogP contribution in [0, 0.1) is 6.92 Å². The molecule has 2 aromatic heterocycles. The second-order valence-corrected chi connectivity index (χ2v) is 7.10. The zero-order valence-electron chi connectivity index (χ0n) is 17.6. The largest absolute Gasteiger partial charge is 0.467 e. The maximum absolute atomic E-state index is 12.3. The molecule has 10 nitrogen and oxygen atoms in total. The number of benzene rings is 1. The number of hydrogen-bond donors (Lipinski definition) is 1. The number of rotatable bonds is 8. The molecular formula is C21H24N6O4. The van der Waals surface area contributed by atoms with Crippen molar-refractivity contribution in [2.24, 2.45) is 5.73 Å². The lowest BCUT2D eigenvalue weighted by Crippen LogP contribution is -2.34. The van der Waals surface area contributed by atoms with Crippen LogP contribution in [0.2, 0.25) is 0 Å². The maximum atomic E-state index is 12.3. The topological polar surface area (TPSA) is 122 Å². The Bertz CT molecular complexity index is 1100. The number of carbonyl (C=O) groups is 1. The first-order chi connectivity index (χ1) is 15.0. The van der Waals surface area contributed by atoms with Crippen LogP contribution in [0.1, 0.15) is 36.6 Å². The molecule has 4 rings (SSSR count). The van der Waals surface area contributed by atoms with Gasteiger partial charge in [0.15, 0.2) is 23.5 Å². The molecule has 0 saturated heterocycles. The fourth-order valence-electron chi connectivity index (χ4n) is 3.30. The van der Waals surface area contributed by atoms with Gasteiger partial charge in [0.1, 0.15) is 18.5 Å². The van der Waals surface area contributed by atoms with Crippen molar-refractivity contribution in [1.29, 1.82) is 0 Å². The molecule has 3 heterocycles. The molecular weight excluding hydrogens is 400 g/mol. The molecule has 1 atom stereocenters. The lowest BCUT2D eigenvalue weighted by atomic mass is 10.1. The molecule has 0 aliphatic carbocycles. The van der Waals surface area contributed by atoms with Gasteiger partial charge in [0.2, 0.25) is 5.89 Å². The summed E-state index contributed by atoms with van der Waals surface area (Å²) in [6.07, 6.45) is 2.61. The number of primary amides is 1. The molecule has 0 fully saturated rings. The fraction of sp³-hybridized carbons (Fsp3) is 0.333. The Hall–Kier alpha value is -3.66. The van der Waals surface area contributed by atoms with E-state index in [9.17, 15) is 4.79 Å². The number of aromatic nitrogens is 4. The van der Waals surface area contributed by atoms with E-state index < -0.39 is 12.1 Å². The monoisotopic (exact) mass is 424 g/mol. The van der Waals surface area contributed by atoms with Crippen LogP contribution >= 0.6 is 0 Å². The molecule has 0 bridgehead atoms. The van der Waals surface area contributed by atoms with E-state index in [-0.39, 0.29) is 12.2 Å². The fourth-order valence-corrected chi connectivity index (χ4v) is 3.30. The number of amides is 1. The summed E-state index contributed by atoms with van der Waals surface area (Å²) < 4.78 is 16.8. The van der Waals surface area contributed by atoms with Gasteiger partial charge < -0.3 is 19.6 Å². The Morgan fingerprint density at radius 1 is 1.29 bits per heavy atom. The molecule has 162 valence electrons. The average molecular weight is 424 g/mol. The second kappa shape index (κ2) is 8.60.